The lowest BCUT2D eigenvalue weighted by molar-refractivity contribution is -0.138. The Balaban J connectivity index is 1.91. The van der Waals surface area contributed by atoms with E-state index in [-0.39, 0.29) is 5.78 Å². The summed E-state index contributed by atoms with van der Waals surface area (Å²) in [6.45, 7) is 12.2. The molecule has 0 fully saturated rings. The lowest BCUT2D eigenvalue weighted by atomic mass is 9.85. The van der Waals surface area contributed by atoms with Crippen molar-refractivity contribution in [1.82, 2.24) is 9.97 Å². The van der Waals surface area contributed by atoms with E-state index in [1.807, 2.05) is 52.9 Å². The van der Waals surface area contributed by atoms with Gasteiger partial charge in [0.25, 0.3) is 0 Å². The maximum Gasteiger partial charge on any atom is 0.163 e. The van der Waals surface area contributed by atoms with Crippen LogP contribution < -0.4 is 4.74 Å². The predicted octanol–water partition coefficient (Wildman–Crippen LogP) is 6.45. The van der Waals surface area contributed by atoms with Crippen molar-refractivity contribution in [3.63, 3.8) is 0 Å². The molecule has 5 nitrogen and oxygen atoms in total. The maximum absolute atomic E-state index is 13.0. The molecule has 34 heavy (non-hydrogen) atoms. The van der Waals surface area contributed by atoms with E-state index in [0.29, 0.717) is 6.61 Å². The monoisotopic (exact) mass is 454 g/mol. The van der Waals surface area contributed by atoms with Crippen LogP contribution in [0.15, 0.2) is 42.6 Å². The zero-order valence-electron chi connectivity index (χ0n) is 20.7. The molecule has 0 saturated heterocycles. The van der Waals surface area contributed by atoms with Gasteiger partial charge in [0, 0.05) is 34.6 Å². The number of aryl methyl sites for hydroxylation is 2. The molecule has 174 valence electrons. The molecular weight excluding hydrogens is 424 g/mol. The van der Waals surface area contributed by atoms with Crippen molar-refractivity contribution in [1.29, 1.82) is 0 Å². The fraction of sp³-hybridized carbons (Fsp3) is 0.345. The van der Waals surface area contributed by atoms with Gasteiger partial charge in [-0.2, -0.15) is 0 Å². The number of fused-ring (bicyclic) bond motifs is 1. The summed E-state index contributed by atoms with van der Waals surface area (Å²) in [5, 5.41) is 2.03. The highest BCUT2D eigenvalue weighted by atomic mass is 16.5. The maximum atomic E-state index is 13.0. The number of hydrogen-bond donors (Lipinski definition) is 0. The summed E-state index contributed by atoms with van der Waals surface area (Å²) in [4.78, 5) is 22.6. The van der Waals surface area contributed by atoms with Crippen LogP contribution in [0, 0.1) is 13.8 Å². The average Bonchev–Trinajstić information content (AvgIpc) is 2.77. The molecule has 0 radical (unpaired) electrons. The fourth-order valence-electron chi connectivity index (χ4n) is 4.95. The highest BCUT2D eigenvalue weighted by Gasteiger charge is 2.31. The number of carbonyl (C=O) groups excluding carboxylic acids is 1. The SMILES string of the molecule is CC(=O)[C@@H](OC(C)(C)C)c1c(C)cc2nc(C)ccc2c1-c1ccc2c3c(ccnc13)CCO2. The van der Waals surface area contributed by atoms with Crippen LogP contribution >= 0.6 is 0 Å². The van der Waals surface area contributed by atoms with E-state index < -0.39 is 11.7 Å². The van der Waals surface area contributed by atoms with Gasteiger partial charge in [0.05, 0.1) is 23.2 Å². The molecule has 0 unspecified atom stereocenters. The largest absolute Gasteiger partial charge is 0.493 e. The molecular formula is C29H30N2O3. The Morgan fingerprint density at radius 2 is 1.91 bits per heavy atom. The number of ether oxygens (including phenoxy) is 2. The minimum Gasteiger partial charge on any atom is -0.493 e. The number of nitrogens with zero attached hydrogens (tertiary/aromatic N) is 2. The number of Topliss-reactive ketones (excluding diaryl/α,β-unsaturated/α-hetero) is 1. The van der Waals surface area contributed by atoms with Crippen molar-refractivity contribution >= 4 is 27.6 Å². The Hall–Kier alpha value is -3.31. The Bertz CT molecular complexity index is 1440. The van der Waals surface area contributed by atoms with Crippen molar-refractivity contribution in [2.75, 3.05) is 6.61 Å². The van der Waals surface area contributed by atoms with Crippen LogP contribution in [0.4, 0.5) is 0 Å². The summed E-state index contributed by atoms with van der Waals surface area (Å²) in [7, 11) is 0. The zero-order chi connectivity index (χ0) is 24.2. The molecule has 1 aliphatic rings. The van der Waals surface area contributed by atoms with Crippen LogP contribution in [0.5, 0.6) is 5.75 Å². The Kier molecular flexibility index (Phi) is 5.40. The van der Waals surface area contributed by atoms with Gasteiger partial charge < -0.3 is 9.47 Å². The highest BCUT2D eigenvalue weighted by Crippen LogP contribution is 2.44. The van der Waals surface area contributed by atoms with Gasteiger partial charge in [-0.15, -0.1) is 0 Å². The van der Waals surface area contributed by atoms with E-state index >= 15 is 0 Å². The van der Waals surface area contributed by atoms with Gasteiger partial charge in [0.2, 0.25) is 0 Å². The van der Waals surface area contributed by atoms with Crippen LogP contribution in [-0.2, 0) is 16.0 Å². The van der Waals surface area contributed by atoms with Crippen molar-refractivity contribution in [2.45, 2.75) is 59.7 Å². The van der Waals surface area contributed by atoms with Crippen molar-refractivity contribution in [3.05, 3.63) is 65.0 Å². The van der Waals surface area contributed by atoms with Crippen molar-refractivity contribution < 1.29 is 14.3 Å². The lowest BCUT2D eigenvalue weighted by Gasteiger charge is -2.30. The number of rotatable bonds is 4. The summed E-state index contributed by atoms with van der Waals surface area (Å²) < 4.78 is 12.3. The third-order valence-electron chi connectivity index (χ3n) is 6.32. The summed E-state index contributed by atoms with van der Waals surface area (Å²) >= 11 is 0. The van der Waals surface area contributed by atoms with E-state index in [0.717, 1.165) is 61.9 Å². The second-order valence-electron chi connectivity index (χ2n) is 10.1. The van der Waals surface area contributed by atoms with Gasteiger partial charge in [0.1, 0.15) is 11.9 Å². The first-order valence-electron chi connectivity index (χ1n) is 11.8. The predicted molar refractivity (Wildman–Crippen MR) is 135 cm³/mol. The third-order valence-corrected chi connectivity index (χ3v) is 6.32. The first kappa shape index (κ1) is 22.5. The Morgan fingerprint density at radius 3 is 2.65 bits per heavy atom. The van der Waals surface area contributed by atoms with Gasteiger partial charge in [-0.05, 0) is 94.1 Å². The normalized spacial score (nSPS) is 14.3. The first-order valence-corrected chi connectivity index (χ1v) is 11.8. The first-order chi connectivity index (χ1) is 16.1. The molecule has 2 aromatic heterocycles. The molecule has 3 heterocycles. The number of benzene rings is 2. The molecule has 1 atom stereocenters. The minimum atomic E-state index is -0.706. The second kappa shape index (κ2) is 8.17. The lowest BCUT2D eigenvalue weighted by Crippen LogP contribution is -2.27. The number of aromatic nitrogens is 2. The van der Waals surface area contributed by atoms with Crippen LogP contribution in [0.1, 0.15) is 56.2 Å². The highest BCUT2D eigenvalue weighted by molar-refractivity contribution is 6.08. The van der Waals surface area contributed by atoms with E-state index in [9.17, 15) is 4.79 Å². The Morgan fingerprint density at radius 1 is 1.12 bits per heavy atom. The van der Waals surface area contributed by atoms with Crippen molar-refractivity contribution in [3.8, 4) is 16.9 Å². The van der Waals surface area contributed by atoms with E-state index in [1.54, 1.807) is 6.92 Å². The van der Waals surface area contributed by atoms with Gasteiger partial charge in [-0.25, -0.2) is 0 Å². The van der Waals surface area contributed by atoms with E-state index in [4.69, 9.17) is 19.4 Å². The third kappa shape index (κ3) is 3.84. The molecule has 0 spiro atoms. The molecule has 0 N–H and O–H groups in total. The van der Waals surface area contributed by atoms with Gasteiger partial charge in [-0.1, -0.05) is 6.07 Å². The van der Waals surface area contributed by atoms with Crippen LogP contribution in [-0.4, -0.2) is 28.0 Å². The molecule has 0 aliphatic carbocycles. The summed E-state index contributed by atoms with van der Waals surface area (Å²) in [6, 6.07) is 12.3. The summed E-state index contributed by atoms with van der Waals surface area (Å²) in [5.74, 6) is 0.826. The molecule has 2 aromatic carbocycles. The second-order valence-corrected chi connectivity index (χ2v) is 10.1. The number of ketones is 1. The van der Waals surface area contributed by atoms with E-state index in [1.165, 1.54) is 5.56 Å². The topological polar surface area (TPSA) is 61.3 Å². The minimum absolute atomic E-state index is 0.0299. The van der Waals surface area contributed by atoms with Crippen LogP contribution in [0.25, 0.3) is 32.9 Å². The standard InChI is InChI=1S/C29H30N2O3/c1-16-15-22-20(8-7-17(2)31-22)26(24(16)28(18(3)32)34-29(4,5)6)21-9-10-23-25-19(12-14-33-23)11-13-30-27(21)25/h7-11,13,15,28H,12,14H2,1-6H3/t28-/m1/s1. The zero-order valence-corrected chi connectivity index (χ0v) is 20.7. The molecule has 1 aliphatic heterocycles. The number of carbonyl (C=O) groups is 1. The molecule has 5 rings (SSSR count). The summed E-state index contributed by atoms with van der Waals surface area (Å²) in [6.07, 6.45) is 2.01. The van der Waals surface area contributed by atoms with Crippen LogP contribution in [0.2, 0.25) is 0 Å². The van der Waals surface area contributed by atoms with Gasteiger partial charge >= 0.3 is 0 Å². The number of pyridine rings is 2. The summed E-state index contributed by atoms with van der Waals surface area (Å²) in [5.41, 5.74) is 7.22. The van der Waals surface area contributed by atoms with Crippen molar-refractivity contribution in [2.24, 2.45) is 0 Å². The average molecular weight is 455 g/mol. The smallest absolute Gasteiger partial charge is 0.163 e. The molecule has 5 heteroatoms. The van der Waals surface area contributed by atoms with E-state index in [2.05, 4.69) is 24.3 Å². The molecule has 0 saturated carbocycles. The van der Waals surface area contributed by atoms with Crippen LogP contribution in [0.3, 0.4) is 0 Å². The molecule has 4 aromatic rings. The quantitative estimate of drug-likeness (QED) is 0.355. The molecule has 0 bridgehead atoms. The fourth-order valence-corrected chi connectivity index (χ4v) is 4.95. The number of hydrogen-bond acceptors (Lipinski definition) is 5. The van der Waals surface area contributed by atoms with Gasteiger partial charge in [-0.3, -0.25) is 14.8 Å². The van der Waals surface area contributed by atoms with Gasteiger partial charge in [0.15, 0.2) is 5.78 Å². The molecule has 0 amide bonds. The Labute approximate surface area is 200 Å².